The number of halogens is 1. The number of anilines is 2. The van der Waals surface area contributed by atoms with Gasteiger partial charge in [0.25, 0.3) is 0 Å². The zero-order chi connectivity index (χ0) is 14.7. The molecule has 2 aromatic rings. The molecular formula is C13H13FN4O2. The lowest BCUT2D eigenvalue weighted by atomic mass is 10.0. The number of nitrogens with two attached hydrogens (primary N) is 2. The van der Waals surface area contributed by atoms with Crippen LogP contribution in [0.25, 0.3) is 11.1 Å². The number of nitrogens with zero attached hydrogens (tertiary/aromatic N) is 1. The molecule has 1 aromatic heterocycles. The molecule has 1 heterocycles. The molecule has 7 heteroatoms. The van der Waals surface area contributed by atoms with Crippen molar-refractivity contribution in [1.82, 2.24) is 10.3 Å². The summed E-state index contributed by atoms with van der Waals surface area (Å²) < 4.78 is 13.9. The van der Waals surface area contributed by atoms with E-state index in [0.717, 1.165) is 0 Å². The predicted octanol–water partition coefficient (Wildman–Crippen LogP) is 1.82. The van der Waals surface area contributed by atoms with Gasteiger partial charge in [-0.1, -0.05) is 12.1 Å². The molecular weight excluding hydrogens is 263 g/mol. The van der Waals surface area contributed by atoms with Crippen molar-refractivity contribution in [2.75, 3.05) is 11.5 Å². The van der Waals surface area contributed by atoms with Crippen molar-refractivity contribution in [1.29, 1.82) is 0 Å². The van der Waals surface area contributed by atoms with Gasteiger partial charge >= 0.3 is 6.09 Å². The maximum absolute atomic E-state index is 13.9. The molecule has 104 valence electrons. The molecule has 0 unspecified atom stereocenters. The quantitative estimate of drug-likeness (QED) is 0.682. The Morgan fingerprint density at radius 3 is 2.75 bits per heavy atom. The van der Waals surface area contributed by atoms with Gasteiger partial charge in [0.15, 0.2) is 0 Å². The SMILES string of the molecule is Nc1nccc(-c2ccc(CNC(=O)O)c(F)c2)c1N. The Labute approximate surface area is 114 Å². The normalized spacial score (nSPS) is 10.2. The van der Waals surface area contributed by atoms with E-state index >= 15 is 0 Å². The van der Waals surface area contributed by atoms with Crippen molar-refractivity contribution in [3.63, 3.8) is 0 Å². The van der Waals surface area contributed by atoms with Gasteiger partial charge in [0, 0.05) is 23.9 Å². The van der Waals surface area contributed by atoms with Gasteiger partial charge in [0.05, 0.1) is 5.69 Å². The summed E-state index contributed by atoms with van der Waals surface area (Å²) in [7, 11) is 0. The second-order valence-corrected chi connectivity index (χ2v) is 4.12. The molecule has 0 atom stereocenters. The average molecular weight is 276 g/mol. The van der Waals surface area contributed by atoms with Crippen LogP contribution in [0.2, 0.25) is 0 Å². The fourth-order valence-electron chi connectivity index (χ4n) is 1.77. The van der Waals surface area contributed by atoms with Gasteiger partial charge in [-0.3, -0.25) is 0 Å². The zero-order valence-electron chi connectivity index (χ0n) is 10.4. The summed E-state index contributed by atoms with van der Waals surface area (Å²) in [5.74, 6) is -0.342. The van der Waals surface area contributed by atoms with E-state index < -0.39 is 11.9 Å². The first-order chi connectivity index (χ1) is 9.49. The van der Waals surface area contributed by atoms with Crippen LogP contribution in [0.5, 0.6) is 0 Å². The first-order valence-corrected chi connectivity index (χ1v) is 5.74. The van der Waals surface area contributed by atoms with Crippen LogP contribution in [0.15, 0.2) is 30.5 Å². The number of hydrogen-bond acceptors (Lipinski definition) is 4. The second kappa shape index (κ2) is 5.43. The van der Waals surface area contributed by atoms with E-state index in [9.17, 15) is 9.18 Å². The summed E-state index contributed by atoms with van der Waals surface area (Å²) in [4.78, 5) is 14.2. The van der Waals surface area contributed by atoms with Crippen molar-refractivity contribution >= 4 is 17.6 Å². The molecule has 1 amide bonds. The van der Waals surface area contributed by atoms with Gasteiger partial charge in [-0.05, 0) is 17.7 Å². The lowest BCUT2D eigenvalue weighted by Gasteiger charge is -2.09. The number of carboxylic acid groups (broad SMARTS) is 1. The molecule has 1 aromatic carbocycles. The van der Waals surface area contributed by atoms with Crippen LogP contribution < -0.4 is 16.8 Å². The van der Waals surface area contributed by atoms with Crippen LogP contribution in [0, 0.1) is 5.82 Å². The summed E-state index contributed by atoms with van der Waals surface area (Å²) in [6, 6.07) is 6.06. The molecule has 0 radical (unpaired) electrons. The molecule has 0 saturated heterocycles. The van der Waals surface area contributed by atoms with Crippen molar-refractivity contribution < 1.29 is 14.3 Å². The van der Waals surface area contributed by atoms with Gasteiger partial charge in [0.2, 0.25) is 0 Å². The molecule has 0 aliphatic rings. The van der Waals surface area contributed by atoms with E-state index in [2.05, 4.69) is 10.3 Å². The minimum absolute atomic E-state index is 0.102. The Morgan fingerprint density at radius 2 is 2.10 bits per heavy atom. The number of carbonyl (C=O) groups is 1. The fourth-order valence-corrected chi connectivity index (χ4v) is 1.77. The van der Waals surface area contributed by atoms with Crippen molar-refractivity contribution in [3.8, 4) is 11.1 Å². The summed E-state index contributed by atoms with van der Waals surface area (Å²) in [5.41, 5.74) is 13.1. The van der Waals surface area contributed by atoms with Crippen LogP contribution in [-0.2, 0) is 6.54 Å². The highest BCUT2D eigenvalue weighted by Crippen LogP contribution is 2.29. The smallest absolute Gasteiger partial charge is 0.404 e. The van der Waals surface area contributed by atoms with Crippen molar-refractivity contribution in [2.45, 2.75) is 6.54 Å². The highest BCUT2D eigenvalue weighted by molar-refractivity contribution is 5.82. The van der Waals surface area contributed by atoms with Crippen LogP contribution in [0.3, 0.4) is 0 Å². The Balaban J connectivity index is 2.33. The van der Waals surface area contributed by atoms with Crippen LogP contribution in [0.4, 0.5) is 20.7 Å². The number of hydrogen-bond donors (Lipinski definition) is 4. The van der Waals surface area contributed by atoms with Gasteiger partial charge in [-0.15, -0.1) is 0 Å². The molecule has 2 rings (SSSR count). The molecule has 0 aliphatic carbocycles. The third-order valence-electron chi connectivity index (χ3n) is 2.82. The highest BCUT2D eigenvalue weighted by atomic mass is 19.1. The van der Waals surface area contributed by atoms with Crippen molar-refractivity contribution in [3.05, 3.63) is 41.8 Å². The molecule has 20 heavy (non-hydrogen) atoms. The van der Waals surface area contributed by atoms with E-state index in [1.165, 1.54) is 18.3 Å². The highest BCUT2D eigenvalue weighted by Gasteiger charge is 2.10. The minimum Gasteiger partial charge on any atom is -0.465 e. The second-order valence-electron chi connectivity index (χ2n) is 4.12. The van der Waals surface area contributed by atoms with Crippen LogP contribution in [0.1, 0.15) is 5.56 Å². The van der Waals surface area contributed by atoms with E-state index in [1.54, 1.807) is 12.1 Å². The Bertz CT molecular complexity index is 661. The van der Waals surface area contributed by atoms with Crippen molar-refractivity contribution in [2.24, 2.45) is 0 Å². The lowest BCUT2D eigenvalue weighted by Crippen LogP contribution is -2.20. The number of amides is 1. The average Bonchev–Trinajstić information content (AvgIpc) is 2.40. The predicted molar refractivity (Wildman–Crippen MR) is 73.3 cm³/mol. The Kier molecular flexibility index (Phi) is 3.69. The van der Waals surface area contributed by atoms with Gasteiger partial charge in [0.1, 0.15) is 11.6 Å². The largest absolute Gasteiger partial charge is 0.465 e. The molecule has 0 aliphatic heterocycles. The van der Waals surface area contributed by atoms with E-state index in [1.807, 2.05) is 0 Å². The third-order valence-corrected chi connectivity index (χ3v) is 2.82. The topological polar surface area (TPSA) is 114 Å². The monoisotopic (exact) mass is 276 g/mol. The van der Waals surface area contributed by atoms with E-state index in [0.29, 0.717) is 11.1 Å². The molecule has 6 N–H and O–H groups in total. The maximum Gasteiger partial charge on any atom is 0.404 e. The number of aromatic nitrogens is 1. The fraction of sp³-hybridized carbons (Fsp3) is 0.0769. The maximum atomic E-state index is 13.9. The number of nitrogen functional groups attached to an aromatic ring is 2. The first-order valence-electron chi connectivity index (χ1n) is 5.74. The first kappa shape index (κ1) is 13.6. The summed E-state index contributed by atoms with van der Waals surface area (Å²) in [5, 5.41) is 10.6. The van der Waals surface area contributed by atoms with Crippen LogP contribution >= 0.6 is 0 Å². The van der Waals surface area contributed by atoms with Gasteiger partial charge in [-0.25, -0.2) is 14.2 Å². The molecule has 0 saturated carbocycles. The minimum atomic E-state index is -1.21. The Hall–Kier alpha value is -2.83. The summed E-state index contributed by atoms with van der Waals surface area (Å²) in [6.45, 7) is -0.102. The standard InChI is InChI=1S/C13H13FN4O2/c14-10-5-7(1-2-8(10)6-18-13(19)20)9-3-4-17-12(16)11(9)15/h1-5,18H,6,15H2,(H2,16,17)(H,19,20). The van der Waals surface area contributed by atoms with Gasteiger partial charge in [-0.2, -0.15) is 0 Å². The zero-order valence-corrected chi connectivity index (χ0v) is 10.4. The third kappa shape index (κ3) is 2.77. The molecule has 0 spiro atoms. The lowest BCUT2D eigenvalue weighted by molar-refractivity contribution is 0.194. The van der Waals surface area contributed by atoms with Crippen LogP contribution in [-0.4, -0.2) is 16.2 Å². The summed E-state index contributed by atoms with van der Waals surface area (Å²) >= 11 is 0. The van der Waals surface area contributed by atoms with Gasteiger partial charge < -0.3 is 21.9 Å². The number of benzene rings is 1. The molecule has 0 fully saturated rings. The molecule has 6 nitrogen and oxygen atoms in total. The molecule has 0 bridgehead atoms. The number of pyridine rings is 1. The number of rotatable bonds is 3. The number of nitrogens with one attached hydrogen (secondary N) is 1. The Morgan fingerprint density at radius 1 is 1.35 bits per heavy atom. The van der Waals surface area contributed by atoms with E-state index in [4.69, 9.17) is 16.6 Å². The summed E-state index contributed by atoms with van der Waals surface area (Å²) in [6.07, 6.45) is 0.276. The van der Waals surface area contributed by atoms with E-state index in [-0.39, 0.29) is 23.6 Å².